The van der Waals surface area contributed by atoms with Crippen LogP contribution in [0.25, 0.3) is 11.0 Å². The molecule has 0 spiro atoms. The summed E-state index contributed by atoms with van der Waals surface area (Å²) in [7, 11) is 1.17. The second-order valence-corrected chi connectivity index (χ2v) is 6.08. The molecule has 0 fully saturated rings. The second-order valence-electron chi connectivity index (χ2n) is 6.08. The third kappa shape index (κ3) is 4.32. The number of para-hydroxylation sites is 2. The Balaban J connectivity index is 1.61. The fourth-order valence-corrected chi connectivity index (χ4v) is 2.77. The van der Waals surface area contributed by atoms with E-state index in [4.69, 9.17) is 0 Å². The maximum atomic E-state index is 12.3. The van der Waals surface area contributed by atoms with Crippen molar-refractivity contribution in [3.63, 3.8) is 0 Å². The first-order chi connectivity index (χ1) is 13.5. The molecule has 0 saturated carbocycles. The van der Waals surface area contributed by atoms with Crippen LogP contribution in [0, 0.1) is 10.1 Å². The van der Waals surface area contributed by atoms with E-state index in [2.05, 4.69) is 20.0 Å². The van der Waals surface area contributed by atoms with Crippen LogP contribution in [-0.4, -0.2) is 40.4 Å². The van der Waals surface area contributed by atoms with Crippen molar-refractivity contribution in [1.29, 1.82) is 0 Å². The molecule has 2 aromatic carbocycles. The summed E-state index contributed by atoms with van der Waals surface area (Å²) >= 11 is 0. The van der Waals surface area contributed by atoms with Gasteiger partial charge in [-0.05, 0) is 24.6 Å². The molecule has 0 radical (unpaired) electrons. The van der Waals surface area contributed by atoms with Gasteiger partial charge in [0.2, 0.25) is 0 Å². The number of aromatic amines is 1. The number of aromatic nitrogens is 2. The van der Waals surface area contributed by atoms with E-state index in [1.807, 2.05) is 24.3 Å². The van der Waals surface area contributed by atoms with Gasteiger partial charge in [0, 0.05) is 30.7 Å². The number of nitrogens with one attached hydrogen (secondary N) is 2. The van der Waals surface area contributed by atoms with Crippen molar-refractivity contribution in [2.75, 3.05) is 13.7 Å². The van der Waals surface area contributed by atoms with Crippen LogP contribution < -0.4 is 5.32 Å². The van der Waals surface area contributed by atoms with Gasteiger partial charge in [-0.25, -0.2) is 9.78 Å². The number of nitro benzene ring substituents is 1. The fourth-order valence-electron chi connectivity index (χ4n) is 2.77. The highest BCUT2D eigenvalue weighted by Gasteiger charge is 2.18. The number of methoxy groups -OCH3 is 1. The highest BCUT2D eigenvalue weighted by Crippen LogP contribution is 2.18. The number of nitro groups is 1. The predicted molar refractivity (Wildman–Crippen MR) is 101 cm³/mol. The summed E-state index contributed by atoms with van der Waals surface area (Å²) in [5.74, 6) is -0.431. The van der Waals surface area contributed by atoms with Gasteiger partial charge >= 0.3 is 5.97 Å². The number of aryl methyl sites for hydroxylation is 1. The van der Waals surface area contributed by atoms with Gasteiger partial charge in [-0.3, -0.25) is 14.9 Å². The molecule has 9 heteroatoms. The number of benzene rings is 2. The van der Waals surface area contributed by atoms with Gasteiger partial charge in [0.25, 0.3) is 11.6 Å². The molecule has 0 bridgehead atoms. The number of carbonyl (C=O) groups excluding carboxylic acids is 2. The van der Waals surface area contributed by atoms with Crippen molar-refractivity contribution in [1.82, 2.24) is 15.3 Å². The van der Waals surface area contributed by atoms with E-state index in [0.717, 1.165) is 29.0 Å². The number of carbonyl (C=O) groups is 2. The molecule has 0 atom stereocenters. The van der Waals surface area contributed by atoms with Gasteiger partial charge in [-0.1, -0.05) is 12.1 Å². The van der Waals surface area contributed by atoms with Gasteiger partial charge in [0.05, 0.1) is 28.6 Å². The quantitative estimate of drug-likeness (QED) is 0.280. The van der Waals surface area contributed by atoms with Gasteiger partial charge < -0.3 is 15.0 Å². The Morgan fingerprint density at radius 1 is 1.21 bits per heavy atom. The first-order valence-electron chi connectivity index (χ1n) is 8.57. The Morgan fingerprint density at radius 2 is 1.96 bits per heavy atom. The number of imidazole rings is 1. The molecule has 144 valence electrons. The maximum Gasteiger partial charge on any atom is 0.338 e. The van der Waals surface area contributed by atoms with Crippen LogP contribution >= 0.6 is 0 Å². The smallest absolute Gasteiger partial charge is 0.338 e. The Labute approximate surface area is 159 Å². The molecule has 3 rings (SSSR count). The van der Waals surface area contributed by atoms with E-state index in [-0.39, 0.29) is 16.8 Å². The lowest BCUT2D eigenvalue weighted by atomic mass is 10.1. The van der Waals surface area contributed by atoms with Crippen molar-refractivity contribution in [2.24, 2.45) is 0 Å². The normalized spacial score (nSPS) is 10.6. The van der Waals surface area contributed by atoms with Gasteiger partial charge in [-0.15, -0.1) is 0 Å². The number of hydrogen-bond acceptors (Lipinski definition) is 6. The summed E-state index contributed by atoms with van der Waals surface area (Å²) in [5, 5.41) is 13.7. The number of amides is 1. The van der Waals surface area contributed by atoms with Crippen LogP contribution in [0.5, 0.6) is 0 Å². The molecule has 28 heavy (non-hydrogen) atoms. The van der Waals surface area contributed by atoms with Crippen molar-refractivity contribution in [3.05, 3.63) is 69.5 Å². The summed E-state index contributed by atoms with van der Waals surface area (Å²) in [5.41, 5.74) is 1.46. The molecule has 1 aromatic heterocycles. The molecule has 0 aliphatic heterocycles. The van der Waals surface area contributed by atoms with Crippen molar-refractivity contribution in [3.8, 4) is 0 Å². The Kier molecular flexibility index (Phi) is 5.64. The molecule has 1 heterocycles. The SMILES string of the molecule is COC(=O)c1cc(C(=O)NCCCc2nc3ccccc3[nH]2)cc([N+](=O)[O-])c1. The van der Waals surface area contributed by atoms with Gasteiger partial charge in [0.1, 0.15) is 5.82 Å². The molecule has 0 aliphatic carbocycles. The summed E-state index contributed by atoms with van der Waals surface area (Å²) in [6, 6.07) is 11.2. The summed E-state index contributed by atoms with van der Waals surface area (Å²) in [4.78, 5) is 42.0. The van der Waals surface area contributed by atoms with E-state index in [1.165, 1.54) is 13.2 Å². The Morgan fingerprint density at radius 3 is 2.68 bits per heavy atom. The lowest BCUT2D eigenvalue weighted by Gasteiger charge is -2.06. The largest absolute Gasteiger partial charge is 0.465 e. The zero-order valence-corrected chi connectivity index (χ0v) is 15.1. The molecule has 0 aliphatic rings. The molecule has 0 unspecified atom stereocenters. The van der Waals surface area contributed by atoms with E-state index < -0.39 is 16.8 Å². The van der Waals surface area contributed by atoms with Crippen LogP contribution in [0.3, 0.4) is 0 Å². The highest BCUT2D eigenvalue weighted by molar-refractivity contribution is 5.98. The number of H-pyrrole nitrogens is 1. The van der Waals surface area contributed by atoms with Crippen molar-refractivity contribution in [2.45, 2.75) is 12.8 Å². The lowest BCUT2D eigenvalue weighted by Crippen LogP contribution is -2.25. The molecule has 2 N–H and O–H groups in total. The summed E-state index contributed by atoms with van der Waals surface area (Å²) < 4.78 is 4.57. The molecule has 3 aromatic rings. The zero-order valence-electron chi connectivity index (χ0n) is 15.1. The number of nitrogens with zero attached hydrogens (tertiary/aromatic N) is 2. The second kappa shape index (κ2) is 8.30. The van der Waals surface area contributed by atoms with E-state index >= 15 is 0 Å². The Hall–Kier alpha value is -3.75. The minimum atomic E-state index is -0.748. The minimum Gasteiger partial charge on any atom is -0.465 e. The topological polar surface area (TPSA) is 127 Å². The van der Waals surface area contributed by atoms with Crippen LogP contribution in [0.2, 0.25) is 0 Å². The number of rotatable bonds is 7. The maximum absolute atomic E-state index is 12.3. The molecular formula is C19H18N4O5. The standard InChI is InChI=1S/C19H18N4O5/c1-28-19(25)13-9-12(10-14(11-13)23(26)27)18(24)20-8-4-7-17-21-15-5-2-3-6-16(15)22-17/h2-3,5-6,9-11H,4,7-8H2,1H3,(H,20,24)(H,21,22). The third-order valence-electron chi connectivity index (χ3n) is 4.13. The van der Waals surface area contributed by atoms with Gasteiger partial charge in [0.15, 0.2) is 0 Å². The van der Waals surface area contributed by atoms with Crippen LogP contribution in [-0.2, 0) is 11.2 Å². The average molecular weight is 382 g/mol. The average Bonchev–Trinajstić information content (AvgIpc) is 3.12. The first-order valence-corrected chi connectivity index (χ1v) is 8.57. The Bertz CT molecular complexity index is 1010. The number of hydrogen-bond donors (Lipinski definition) is 2. The van der Waals surface area contributed by atoms with E-state index in [1.54, 1.807) is 0 Å². The fraction of sp³-hybridized carbons (Fsp3) is 0.211. The minimum absolute atomic E-state index is 0.0262. The molecular weight excluding hydrogens is 364 g/mol. The molecule has 0 saturated heterocycles. The van der Waals surface area contributed by atoms with E-state index in [9.17, 15) is 19.7 Å². The number of esters is 1. The number of fused-ring (bicyclic) bond motifs is 1. The monoisotopic (exact) mass is 382 g/mol. The third-order valence-corrected chi connectivity index (χ3v) is 4.13. The van der Waals surface area contributed by atoms with Crippen molar-refractivity contribution < 1.29 is 19.2 Å². The van der Waals surface area contributed by atoms with Crippen LogP contribution in [0.15, 0.2) is 42.5 Å². The molecule has 9 nitrogen and oxygen atoms in total. The van der Waals surface area contributed by atoms with E-state index in [0.29, 0.717) is 19.4 Å². The predicted octanol–water partition coefficient (Wildman–Crippen LogP) is 2.62. The number of ether oxygens (including phenoxy) is 1. The summed E-state index contributed by atoms with van der Waals surface area (Å²) in [6.07, 6.45) is 1.27. The lowest BCUT2D eigenvalue weighted by molar-refractivity contribution is -0.384. The van der Waals surface area contributed by atoms with Crippen molar-refractivity contribution >= 4 is 28.6 Å². The van der Waals surface area contributed by atoms with Crippen LogP contribution in [0.1, 0.15) is 33.0 Å². The summed E-state index contributed by atoms with van der Waals surface area (Å²) in [6.45, 7) is 0.353. The highest BCUT2D eigenvalue weighted by atomic mass is 16.6. The number of non-ortho nitro benzene ring substituents is 1. The van der Waals surface area contributed by atoms with Crippen LogP contribution in [0.4, 0.5) is 5.69 Å². The van der Waals surface area contributed by atoms with Gasteiger partial charge in [-0.2, -0.15) is 0 Å². The first kappa shape index (κ1) is 19.0. The zero-order chi connectivity index (χ0) is 20.1. The molecule has 1 amide bonds.